The normalized spacial score (nSPS) is 17.1. The Hall–Kier alpha value is -3.82. The SMILES string of the molecule is Cn1cc(C2N(c3ccc(Cl)cc3)C(=O)C2(c2ccccc2)c2ccccc2)c2ccccc21. The van der Waals surface area contributed by atoms with Gasteiger partial charge in [-0.15, -0.1) is 0 Å². The van der Waals surface area contributed by atoms with Gasteiger partial charge in [0.25, 0.3) is 0 Å². The van der Waals surface area contributed by atoms with E-state index in [1.54, 1.807) is 0 Å². The van der Waals surface area contributed by atoms with Gasteiger partial charge in [0.05, 0.1) is 6.04 Å². The number of halogens is 1. The van der Waals surface area contributed by atoms with Crippen LogP contribution in [-0.2, 0) is 17.3 Å². The monoisotopic (exact) mass is 462 g/mol. The van der Waals surface area contributed by atoms with Crippen molar-refractivity contribution >= 4 is 34.1 Å². The van der Waals surface area contributed by atoms with Crippen LogP contribution in [0.2, 0.25) is 5.02 Å². The highest BCUT2D eigenvalue weighted by Crippen LogP contribution is 2.58. The van der Waals surface area contributed by atoms with Crippen LogP contribution in [-0.4, -0.2) is 10.5 Å². The first-order valence-electron chi connectivity index (χ1n) is 11.4. The van der Waals surface area contributed by atoms with Crippen LogP contribution in [0, 0.1) is 0 Å². The lowest BCUT2D eigenvalue weighted by Gasteiger charge is -2.56. The highest BCUT2D eigenvalue weighted by molar-refractivity contribution is 6.30. The van der Waals surface area contributed by atoms with Gasteiger partial charge in [-0.05, 0) is 41.5 Å². The number of hydrogen-bond acceptors (Lipinski definition) is 1. The van der Waals surface area contributed by atoms with E-state index in [4.69, 9.17) is 11.6 Å². The van der Waals surface area contributed by atoms with E-state index in [0.717, 1.165) is 33.3 Å². The Kier molecular flexibility index (Phi) is 4.82. The number of β-lactam (4-membered cyclic amide) rings is 1. The molecule has 5 aromatic rings. The van der Waals surface area contributed by atoms with Crippen molar-refractivity contribution in [2.24, 2.45) is 7.05 Å². The molecule has 1 aromatic heterocycles. The van der Waals surface area contributed by atoms with E-state index >= 15 is 0 Å². The fourth-order valence-corrected chi connectivity index (χ4v) is 5.64. The Balaban J connectivity index is 1.67. The van der Waals surface area contributed by atoms with Crippen molar-refractivity contribution in [2.75, 3.05) is 4.90 Å². The summed E-state index contributed by atoms with van der Waals surface area (Å²) in [6.45, 7) is 0. The molecule has 166 valence electrons. The number of benzene rings is 4. The van der Waals surface area contributed by atoms with Crippen LogP contribution in [0.4, 0.5) is 5.69 Å². The molecule has 3 nitrogen and oxygen atoms in total. The van der Waals surface area contributed by atoms with Crippen LogP contribution in [0.3, 0.4) is 0 Å². The van der Waals surface area contributed by atoms with Gasteiger partial charge in [0.2, 0.25) is 5.91 Å². The van der Waals surface area contributed by atoms with Crippen molar-refractivity contribution < 1.29 is 4.79 Å². The number of amides is 1. The zero-order valence-corrected chi connectivity index (χ0v) is 19.5. The van der Waals surface area contributed by atoms with Crippen molar-refractivity contribution in [3.8, 4) is 0 Å². The predicted molar refractivity (Wildman–Crippen MR) is 138 cm³/mol. The van der Waals surface area contributed by atoms with E-state index in [2.05, 4.69) is 66.3 Å². The molecule has 6 rings (SSSR count). The molecule has 0 bridgehead atoms. The molecular formula is C30H23ClN2O. The van der Waals surface area contributed by atoms with Gasteiger partial charge in [-0.2, -0.15) is 0 Å². The Morgan fingerprint density at radius 2 is 1.29 bits per heavy atom. The minimum absolute atomic E-state index is 0.0603. The topological polar surface area (TPSA) is 25.2 Å². The molecule has 0 saturated carbocycles. The van der Waals surface area contributed by atoms with Crippen molar-refractivity contribution in [3.63, 3.8) is 0 Å². The molecule has 1 aliphatic rings. The average Bonchev–Trinajstić information content (AvgIpc) is 3.21. The molecule has 34 heavy (non-hydrogen) atoms. The third kappa shape index (κ3) is 2.87. The van der Waals surface area contributed by atoms with Gasteiger partial charge in [0.1, 0.15) is 5.41 Å². The van der Waals surface area contributed by atoms with Gasteiger partial charge < -0.3 is 9.47 Å². The van der Waals surface area contributed by atoms with Gasteiger partial charge >= 0.3 is 0 Å². The maximum Gasteiger partial charge on any atom is 0.245 e. The number of aromatic nitrogens is 1. The summed E-state index contributed by atoms with van der Waals surface area (Å²) in [6.07, 6.45) is 2.17. The molecule has 1 atom stereocenters. The first-order valence-corrected chi connectivity index (χ1v) is 11.7. The Morgan fingerprint density at radius 3 is 1.91 bits per heavy atom. The van der Waals surface area contributed by atoms with Crippen LogP contribution in [0.25, 0.3) is 10.9 Å². The standard InChI is InChI=1S/C30H23ClN2O/c1-32-20-26(25-14-8-9-15-27(25)32)28-30(21-10-4-2-5-11-21,22-12-6-3-7-13-22)29(34)33(28)24-18-16-23(31)17-19-24/h2-20,28H,1H3. The minimum atomic E-state index is -0.841. The van der Waals surface area contributed by atoms with Gasteiger partial charge in [0.15, 0.2) is 0 Å². The number of aryl methyl sites for hydroxylation is 1. The molecule has 0 spiro atoms. The first kappa shape index (κ1) is 20.8. The molecule has 0 N–H and O–H groups in total. The fourth-order valence-electron chi connectivity index (χ4n) is 5.51. The summed E-state index contributed by atoms with van der Waals surface area (Å²) in [6, 6.07) is 36.0. The number of carbonyl (C=O) groups is 1. The zero-order valence-electron chi connectivity index (χ0n) is 18.7. The van der Waals surface area contributed by atoms with Crippen LogP contribution in [0.15, 0.2) is 115 Å². The second-order valence-electron chi connectivity index (χ2n) is 8.81. The molecule has 1 amide bonds. The highest BCUT2D eigenvalue weighted by Gasteiger charge is 2.64. The molecule has 0 aliphatic carbocycles. The molecule has 0 radical (unpaired) electrons. The fraction of sp³-hybridized carbons (Fsp3) is 0.100. The zero-order chi connectivity index (χ0) is 23.3. The van der Waals surface area contributed by atoms with Crippen molar-refractivity contribution in [1.29, 1.82) is 0 Å². The number of para-hydroxylation sites is 1. The lowest BCUT2D eigenvalue weighted by molar-refractivity contribution is -0.131. The van der Waals surface area contributed by atoms with Crippen LogP contribution in [0.1, 0.15) is 22.7 Å². The summed E-state index contributed by atoms with van der Waals surface area (Å²) < 4.78 is 2.15. The van der Waals surface area contributed by atoms with Gasteiger partial charge in [0, 0.05) is 40.4 Å². The third-order valence-corrected chi connectivity index (χ3v) is 7.26. The van der Waals surface area contributed by atoms with Gasteiger partial charge in [-0.3, -0.25) is 4.79 Å². The Bertz CT molecular complexity index is 1450. The largest absolute Gasteiger partial charge is 0.350 e. The summed E-state index contributed by atoms with van der Waals surface area (Å²) in [5.74, 6) is 0.0603. The minimum Gasteiger partial charge on any atom is -0.350 e. The molecular weight excluding hydrogens is 440 g/mol. The summed E-state index contributed by atoms with van der Waals surface area (Å²) >= 11 is 6.19. The maximum absolute atomic E-state index is 14.4. The van der Waals surface area contributed by atoms with E-state index in [1.807, 2.05) is 65.6 Å². The second-order valence-corrected chi connectivity index (χ2v) is 9.24. The number of anilines is 1. The Labute approximate surface area is 203 Å². The van der Waals surface area contributed by atoms with Crippen LogP contribution in [0.5, 0.6) is 0 Å². The van der Waals surface area contributed by atoms with Crippen molar-refractivity contribution in [1.82, 2.24) is 4.57 Å². The highest BCUT2D eigenvalue weighted by atomic mass is 35.5. The predicted octanol–water partition coefficient (Wildman–Crippen LogP) is 6.91. The molecule has 1 saturated heterocycles. The summed E-state index contributed by atoms with van der Waals surface area (Å²) in [7, 11) is 2.06. The van der Waals surface area contributed by atoms with E-state index in [1.165, 1.54) is 0 Å². The average molecular weight is 463 g/mol. The number of nitrogens with zero attached hydrogens (tertiary/aromatic N) is 2. The number of fused-ring (bicyclic) bond motifs is 1. The van der Waals surface area contributed by atoms with Gasteiger partial charge in [-0.1, -0.05) is 90.5 Å². The Morgan fingerprint density at radius 1 is 0.735 bits per heavy atom. The van der Waals surface area contributed by atoms with Crippen molar-refractivity contribution in [2.45, 2.75) is 11.5 Å². The van der Waals surface area contributed by atoms with E-state index < -0.39 is 5.41 Å². The molecule has 1 aliphatic heterocycles. The summed E-state index contributed by atoms with van der Waals surface area (Å²) in [4.78, 5) is 16.3. The van der Waals surface area contributed by atoms with Gasteiger partial charge in [-0.25, -0.2) is 0 Å². The van der Waals surface area contributed by atoms with E-state index in [9.17, 15) is 4.79 Å². The second kappa shape index (κ2) is 7.89. The van der Waals surface area contributed by atoms with E-state index in [-0.39, 0.29) is 11.9 Å². The molecule has 4 aromatic carbocycles. The lowest BCUT2D eigenvalue weighted by Crippen LogP contribution is -2.67. The molecule has 1 unspecified atom stereocenters. The van der Waals surface area contributed by atoms with Crippen molar-refractivity contribution in [3.05, 3.63) is 137 Å². The van der Waals surface area contributed by atoms with E-state index in [0.29, 0.717) is 5.02 Å². The first-order chi connectivity index (χ1) is 16.6. The quantitative estimate of drug-likeness (QED) is 0.266. The molecule has 1 fully saturated rings. The molecule has 4 heteroatoms. The summed E-state index contributed by atoms with van der Waals surface area (Å²) in [5, 5.41) is 1.80. The number of rotatable bonds is 4. The number of hydrogen-bond donors (Lipinski definition) is 0. The smallest absolute Gasteiger partial charge is 0.245 e. The maximum atomic E-state index is 14.4. The third-order valence-electron chi connectivity index (χ3n) is 7.01. The summed E-state index contributed by atoms with van der Waals surface area (Å²) in [5.41, 5.74) is 4.26. The lowest BCUT2D eigenvalue weighted by atomic mass is 9.59. The number of carbonyl (C=O) groups excluding carboxylic acids is 1. The van der Waals surface area contributed by atoms with Crippen LogP contribution < -0.4 is 4.90 Å². The molecule has 2 heterocycles. The van der Waals surface area contributed by atoms with Crippen LogP contribution >= 0.6 is 11.6 Å².